The maximum atomic E-state index is 13.3. The predicted octanol–water partition coefficient (Wildman–Crippen LogP) is 7.85. The first kappa shape index (κ1) is 27.7. The summed E-state index contributed by atoms with van der Waals surface area (Å²) < 4.78 is 11.2. The topological polar surface area (TPSA) is 48.7 Å². The standard InChI is InChI=1S/C32H37N3O2S2/c1-21-8-12-23(13-9-21)30-29(31(36)33-4)25-18-26(27(34(5)38-6)19-28(25)37-30)32(3)16-7-17-35(20-32)39-24-14-10-22(2)11-15-24/h8-15,18-19H,7,16-17,20H2,1-6H3,(H,33,36). The molecule has 7 heteroatoms. The molecule has 204 valence electrons. The van der Waals surface area contributed by atoms with Gasteiger partial charge in [-0.1, -0.05) is 66.4 Å². The molecule has 0 saturated carbocycles. The van der Waals surface area contributed by atoms with E-state index in [2.05, 4.69) is 96.5 Å². The summed E-state index contributed by atoms with van der Waals surface area (Å²) in [6.45, 7) is 8.53. The van der Waals surface area contributed by atoms with Gasteiger partial charge in [-0.05, 0) is 62.4 Å². The summed E-state index contributed by atoms with van der Waals surface area (Å²) in [5, 5.41) is 3.72. The van der Waals surface area contributed by atoms with Crippen LogP contribution in [0.15, 0.2) is 70.0 Å². The molecule has 1 atom stereocenters. The maximum absolute atomic E-state index is 13.3. The zero-order valence-electron chi connectivity index (χ0n) is 23.6. The molecule has 1 fully saturated rings. The number of furan rings is 1. The first-order chi connectivity index (χ1) is 18.7. The van der Waals surface area contributed by atoms with Crippen molar-refractivity contribution in [3.8, 4) is 11.3 Å². The quantitative estimate of drug-likeness (QED) is 0.233. The Bertz CT molecular complexity index is 1480. The van der Waals surface area contributed by atoms with E-state index in [1.165, 1.54) is 21.6 Å². The SMILES string of the molecule is CNC(=O)c1c(-c2ccc(C)cc2)oc2cc(N(C)SC)c(C3(C)CCCN(Sc4ccc(C)cc4)C3)cc12. The van der Waals surface area contributed by atoms with Crippen molar-refractivity contribution in [1.29, 1.82) is 0 Å². The molecule has 0 radical (unpaired) electrons. The Labute approximate surface area is 240 Å². The highest BCUT2D eigenvalue weighted by Crippen LogP contribution is 2.46. The molecule has 1 aliphatic rings. The van der Waals surface area contributed by atoms with Gasteiger partial charge in [0.15, 0.2) is 0 Å². The van der Waals surface area contributed by atoms with Gasteiger partial charge in [-0.15, -0.1) is 0 Å². The monoisotopic (exact) mass is 559 g/mol. The van der Waals surface area contributed by atoms with Gasteiger partial charge in [0.2, 0.25) is 0 Å². The molecule has 5 rings (SSSR count). The number of piperidine rings is 1. The minimum absolute atomic E-state index is 0.0925. The third-order valence-corrected chi connectivity index (χ3v) is 9.55. The van der Waals surface area contributed by atoms with Crippen LogP contribution in [0.3, 0.4) is 0 Å². The fourth-order valence-electron chi connectivity index (χ4n) is 5.47. The van der Waals surface area contributed by atoms with Crippen molar-refractivity contribution in [2.75, 3.05) is 37.7 Å². The zero-order chi connectivity index (χ0) is 27.7. The minimum atomic E-state index is -0.133. The van der Waals surface area contributed by atoms with Crippen LogP contribution in [-0.2, 0) is 5.41 Å². The first-order valence-corrected chi connectivity index (χ1v) is 15.4. The molecule has 0 spiro atoms. The number of nitrogens with one attached hydrogen (secondary N) is 1. The lowest BCUT2D eigenvalue weighted by Crippen LogP contribution is -2.41. The number of aryl methyl sites for hydroxylation is 2. The van der Waals surface area contributed by atoms with Gasteiger partial charge in [0, 0.05) is 60.8 Å². The van der Waals surface area contributed by atoms with Crippen molar-refractivity contribution in [2.45, 2.75) is 43.9 Å². The number of carbonyl (C=O) groups is 1. The number of hydrogen-bond acceptors (Lipinski definition) is 6. The molecule has 1 saturated heterocycles. The number of carbonyl (C=O) groups excluding carboxylic acids is 1. The van der Waals surface area contributed by atoms with E-state index in [1.54, 1.807) is 19.0 Å². The van der Waals surface area contributed by atoms with Crippen LogP contribution in [0.4, 0.5) is 5.69 Å². The fourth-order valence-corrected chi connectivity index (χ4v) is 6.95. The highest BCUT2D eigenvalue weighted by molar-refractivity contribution is 7.99. The van der Waals surface area contributed by atoms with Gasteiger partial charge in [0.1, 0.15) is 11.3 Å². The van der Waals surface area contributed by atoms with Gasteiger partial charge in [-0.3, -0.25) is 4.79 Å². The lowest BCUT2D eigenvalue weighted by atomic mass is 9.75. The maximum Gasteiger partial charge on any atom is 0.255 e. The summed E-state index contributed by atoms with van der Waals surface area (Å²) in [5.41, 5.74) is 6.97. The van der Waals surface area contributed by atoms with Crippen molar-refractivity contribution in [3.63, 3.8) is 0 Å². The van der Waals surface area contributed by atoms with Crippen LogP contribution in [0, 0.1) is 13.8 Å². The fraction of sp³-hybridized carbons (Fsp3) is 0.344. The van der Waals surface area contributed by atoms with Crippen molar-refractivity contribution >= 4 is 46.5 Å². The lowest BCUT2D eigenvalue weighted by molar-refractivity contribution is 0.0964. The van der Waals surface area contributed by atoms with Crippen molar-refractivity contribution < 1.29 is 9.21 Å². The summed E-state index contributed by atoms with van der Waals surface area (Å²) >= 11 is 3.52. The normalized spacial score (nSPS) is 17.9. The molecule has 1 unspecified atom stereocenters. The van der Waals surface area contributed by atoms with E-state index >= 15 is 0 Å². The summed E-state index contributed by atoms with van der Waals surface area (Å²) in [7, 11) is 3.78. The van der Waals surface area contributed by atoms with Gasteiger partial charge in [-0.2, -0.15) is 0 Å². The third kappa shape index (κ3) is 5.58. The Morgan fingerprint density at radius 1 is 1.05 bits per heavy atom. The van der Waals surface area contributed by atoms with Gasteiger partial charge in [-0.25, -0.2) is 4.31 Å². The average molecular weight is 560 g/mol. The summed E-state index contributed by atoms with van der Waals surface area (Å²) in [6.07, 6.45) is 4.28. The van der Waals surface area contributed by atoms with E-state index in [1.807, 2.05) is 24.1 Å². The highest BCUT2D eigenvalue weighted by atomic mass is 32.2. The molecule has 39 heavy (non-hydrogen) atoms. The first-order valence-electron chi connectivity index (χ1n) is 13.4. The van der Waals surface area contributed by atoms with Crippen LogP contribution in [-0.4, -0.2) is 43.7 Å². The summed E-state index contributed by atoms with van der Waals surface area (Å²) in [4.78, 5) is 14.5. The van der Waals surface area contributed by atoms with Crippen LogP contribution < -0.4 is 9.62 Å². The van der Waals surface area contributed by atoms with E-state index in [4.69, 9.17) is 4.42 Å². The highest BCUT2D eigenvalue weighted by Gasteiger charge is 2.37. The molecule has 1 aliphatic heterocycles. The average Bonchev–Trinajstić information content (AvgIpc) is 3.32. The van der Waals surface area contributed by atoms with E-state index in [9.17, 15) is 4.79 Å². The van der Waals surface area contributed by atoms with Crippen molar-refractivity contribution in [3.05, 3.63) is 82.9 Å². The van der Waals surface area contributed by atoms with Gasteiger partial charge in [0.25, 0.3) is 5.91 Å². The Hall–Kier alpha value is -2.87. The summed E-state index contributed by atoms with van der Waals surface area (Å²) in [6, 6.07) is 21.3. The van der Waals surface area contributed by atoms with Crippen LogP contribution in [0.1, 0.15) is 46.8 Å². The second kappa shape index (κ2) is 11.3. The predicted molar refractivity (Wildman–Crippen MR) is 167 cm³/mol. The minimum Gasteiger partial charge on any atom is -0.455 e. The smallest absolute Gasteiger partial charge is 0.255 e. The summed E-state index contributed by atoms with van der Waals surface area (Å²) in [5.74, 6) is 0.483. The number of amides is 1. The number of rotatable bonds is 7. The molecule has 2 heterocycles. The molecule has 4 aromatic rings. The van der Waals surface area contributed by atoms with Crippen LogP contribution in [0.25, 0.3) is 22.3 Å². The van der Waals surface area contributed by atoms with E-state index in [-0.39, 0.29) is 11.3 Å². The van der Waals surface area contributed by atoms with Gasteiger partial charge < -0.3 is 14.0 Å². The van der Waals surface area contributed by atoms with Crippen LogP contribution in [0.5, 0.6) is 0 Å². The Morgan fingerprint density at radius 3 is 2.36 bits per heavy atom. The molecule has 0 aliphatic carbocycles. The second-order valence-corrected chi connectivity index (χ2v) is 12.8. The molecule has 1 N–H and O–H groups in total. The van der Waals surface area contributed by atoms with Gasteiger partial charge >= 0.3 is 0 Å². The van der Waals surface area contributed by atoms with Crippen molar-refractivity contribution in [1.82, 2.24) is 9.62 Å². The largest absolute Gasteiger partial charge is 0.455 e. The van der Waals surface area contributed by atoms with E-state index < -0.39 is 0 Å². The molecule has 1 amide bonds. The number of fused-ring (bicyclic) bond motifs is 1. The molecule has 5 nitrogen and oxygen atoms in total. The third-order valence-electron chi connectivity index (χ3n) is 7.75. The molecule has 0 bridgehead atoms. The van der Waals surface area contributed by atoms with Crippen LogP contribution in [0.2, 0.25) is 0 Å². The van der Waals surface area contributed by atoms with Crippen molar-refractivity contribution in [2.24, 2.45) is 0 Å². The molecular weight excluding hydrogens is 523 g/mol. The zero-order valence-corrected chi connectivity index (χ0v) is 25.3. The Morgan fingerprint density at radius 2 is 1.72 bits per heavy atom. The van der Waals surface area contributed by atoms with E-state index in [0.717, 1.165) is 48.2 Å². The number of anilines is 1. The Balaban J connectivity index is 1.62. The van der Waals surface area contributed by atoms with E-state index in [0.29, 0.717) is 11.3 Å². The molecular formula is C32H37N3O2S2. The lowest BCUT2D eigenvalue weighted by Gasteiger charge is -2.42. The number of benzene rings is 3. The Kier molecular flexibility index (Phi) is 8.04. The second-order valence-electron chi connectivity index (χ2n) is 10.7. The number of hydrogen-bond donors (Lipinski definition) is 1. The molecule has 3 aromatic carbocycles. The number of nitrogens with zero attached hydrogens (tertiary/aromatic N) is 2. The van der Waals surface area contributed by atoms with Crippen LogP contribution >= 0.6 is 23.9 Å². The van der Waals surface area contributed by atoms with Gasteiger partial charge in [0.05, 0.1) is 11.3 Å². The molecule has 1 aromatic heterocycles.